The van der Waals surface area contributed by atoms with E-state index in [-0.39, 0.29) is 25.7 Å². The Morgan fingerprint density at radius 2 is 0.509 bits per heavy atom. The highest BCUT2D eigenvalue weighted by Crippen LogP contribution is 2.45. The van der Waals surface area contributed by atoms with Crippen molar-refractivity contribution in [2.75, 3.05) is 39.6 Å². The number of aliphatic hydroxyl groups excluding tert-OH is 1. The minimum absolute atomic E-state index is 0.0269. The number of carbonyl (C=O) groups excluding carboxylic acids is 4. The Morgan fingerprint density at radius 1 is 0.274 bits per heavy atom. The molecule has 5 atom stereocenters. The van der Waals surface area contributed by atoms with Crippen molar-refractivity contribution in [2.45, 2.75) is 341 Å². The molecule has 0 saturated heterocycles. The van der Waals surface area contributed by atoms with Gasteiger partial charge in [0.15, 0.2) is 12.2 Å². The Morgan fingerprint density at radius 3 is 0.840 bits per heavy atom. The summed E-state index contributed by atoms with van der Waals surface area (Å²) in [6.07, 6.45) is 89.7. The molecule has 0 spiro atoms. The molecule has 0 heterocycles. The van der Waals surface area contributed by atoms with E-state index < -0.39 is 97.5 Å². The molecule has 0 saturated carbocycles. The summed E-state index contributed by atoms with van der Waals surface area (Å²) in [5.74, 6) is -2.32. The van der Waals surface area contributed by atoms with Gasteiger partial charge in [0.05, 0.1) is 26.4 Å². The Balaban J connectivity index is 5.48. The lowest BCUT2D eigenvalue weighted by molar-refractivity contribution is -0.161. The van der Waals surface area contributed by atoms with Gasteiger partial charge in [-0.25, -0.2) is 9.13 Å². The van der Waals surface area contributed by atoms with Gasteiger partial charge in [-0.2, -0.15) is 0 Å². The van der Waals surface area contributed by atoms with E-state index in [2.05, 4.69) is 155 Å². The second-order valence-corrected chi connectivity index (χ2v) is 29.9. The quantitative estimate of drug-likeness (QED) is 0.0169. The molecule has 0 aromatic heterocycles. The lowest BCUT2D eigenvalue weighted by Gasteiger charge is -2.21. The maximum atomic E-state index is 13.1. The summed E-state index contributed by atoms with van der Waals surface area (Å²) in [7, 11) is -10.00. The summed E-state index contributed by atoms with van der Waals surface area (Å²) in [6.45, 7) is 4.58. The van der Waals surface area contributed by atoms with Crippen LogP contribution in [0.5, 0.6) is 0 Å². The van der Waals surface area contributed by atoms with Gasteiger partial charge in [-0.05, 0) is 161 Å². The van der Waals surface area contributed by atoms with Gasteiger partial charge < -0.3 is 33.8 Å². The zero-order chi connectivity index (χ0) is 77.4. The molecule has 0 rings (SSSR count). The first-order chi connectivity index (χ1) is 51.7. The van der Waals surface area contributed by atoms with E-state index in [4.69, 9.17) is 37.0 Å². The van der Waals surface area contributed by atoms with Crippen molar-refractivity contribution in [3.8, 4) is 0 Å². The van der Waals surface area contributed by atoms with Crippen molar-refractivity contribution in [3.05, 3.63) is 146 Å². The van der Waals surface area contributed by atoms with E-state index in [1.54, 1.807) is 0 Å². The third-order valence-corrected chi connectivity index (χ3v) is 18.7. The summed E-state index contributed by atoms with van der Waals surface area (Å²) in [6, 6.07) is 0. The predicted octanol–water partition coefficient (Wildman–Crippen LogP) is 24.2. The fourth-order valence-electron chi connectivity index (χ4n) is 10.5. The Hall–Kier alpha value is -5.06. The number of ether oxygens (including phenoxy) is 4. The molecule has 0 aliphatic carbocycles. The van der Waals surface area contributed by atoms with Gasteiger partial charge in [0, 0.05) is 25.7 Å². The maximum absolute atomic E-state index is 13.1. The summed E-state index contributed by atoms with van der Waals surface area (Å²) in [5, 5.41) is 10.7. The van der Waals surface area contributed by atoms with E-state index >= 15 is 0 Å². The van der Waals surface area contributed by atoms with Crippen LogP contribution in [0.1, 0.15) is 323 Å². The zero-order valence-electron chi connectivity index (χ0n) is 66.3. The fraction of sp³-hybridized carbons (Fsp3) is 0.678. The van der Waals surface area contributed by atoms with Gasteiger partial charge in [0.1, 0.15) is 19.3 Å². The van der Waals surface area contributed by atoms with Crippen LogP contribution >= 0.6 is 15.6 Å². The van der Waals surface area contributed by atoms with E-state index in [0.717, 1.165) is 173 Å². The summed E-state index contributed by atoms with van der Waals surface area (Å²) in [4.78, 5) is 73.1. The lowest BCUT2D eigenvalue weighted by atomic mass is 10.1. The SMILES string of the molecule is CC/C=C\C/C=C\C/C=C\C/C=C\C/C=C\C/C=C\CCC(=O)OC[C@H](COP(=O)(O)OCC(O)COP(=O)(O)OC[C@@H](COC(=O)CCCCCCC/C=C\C/C=C\CCCCC)OC(=O)CCCCCCCCC/C=C\CCCCCC)OC(=O)CCCCCC/C=C\C/C=C\C/C=C\CCCCC. The molecular formula is C87H146O17P2. The molecule has 0 radical (unpaired) electrons. The maximum Gasteiger partial charge on any atom is 0.472 e. The van der Waals surface area contributed by atoms with Crippen molar-refractivity contribution in [1.82, 2.24) is 0 Å². The minimum Gasteiger partial charge on any atom is -0.462 e. The molecule has 3 N–H and O–H groups in total. The Kier molecular flexibility index (Phi) is 74.3. The first kappa shape index (κ1) is 101. The molecule has 0 fully saturated rings. The average Bonchev–Trinajstić information content (AvgIpc) is 0.902. The van der Waals surface area contributed by atoms with Crippen molar-refractivity contribution in [2.24, 2.45) is 0 Å². The first-order valence-corrected chi connectivity index (χ1v) is 44.1. The van der Waals surface area contributed by atoms with Gasteiger partial charge in [0.25, 0.3) is 0 Å². The molecule has 0 aromatic rings. The van der Waals surface area contributed by atoms with Gasteiger partial charge >= 0.3 is 39.5 Å². The van der Waals surface area contributed by atoms with Crippen LogP contribution < -0.4 is 0 Å². The number of esters is 4. The predicted molar refractivity (Wildman–Crippen MR) is 436 cm³/mol. The second kappa shape index (κ2) is 78.1. The monoisotopic (exact) mass is 1530 g/mol. The second-order valence-electron chi connectivity index (χ2n) is 27.0. The van der Waals surface area contributed by atoms with E-state index in [0.29, 0.717) is 32.1 Å². The van der Waals surface area contributed by atoms with Crippen LogP contribution in [-0.2, 0) is 65.4 Å². The summed E-state index contributed by atoms with van der Waals surface area (Å²) < 4.78 is 68.6. The van der Waals surface area contributed by atoms with Crippen LogP contribution in [-0.4, -0.2) is 96.7 Å². The van der Waals surface area contributed by atoms with Gasteiger partial charge in [0.2, 0.25) is 0 Å². The highest BCUT2D eigenvalue weighted by molar-refractivity contribution is 7.47. The number of unbranched alkanes of at least 4 members (excludes halogenated alkanes) is 26. The molecule has 3 unspecified atom stereocenters. The normalized spacial score (nSPS) is 14.6. The van der Waals surface area contributed by atoms with E-state index in [1.165, 1.54) is 64.2 Å². The first-order valence-electron chi connectivity index (χ1n) is 41.1. The molecule has 0 aliphatic rings. The summed E-state index contributed by atoms with van der Waals surface area (Å²) in [5.41, 5.74) is 0. The highest BCUT2D eigenvalue weighted by atomic mass is 31.2. The lowest BCUT2D eigenvalue weighted by Crippen LogP contribution is -2.30. The molecule has 0 aliphatic heterocycles. The minimum atomic E-state index is -5.01. The number of hydrogen-bond donors (Lipinski definition) is 3. The number of rotatable bonds is 76. The molecule has 0 amide bonds. The van der Waals surface area contributed by atoms with E-state index in [1.807, 2.05) is 18.2 Å². The van der Waals surface area contributed by atoms with Crippen molar-refractivity contribution >= 4 is 39.5 Å². The number of aliphatic hydroxyl groups is 1. The largest absolute Gasteiger partial charge is 0.472 e. The number of hydrogen-bond acceptors (Lipinski definition) is 15. The third kappa shape index (κ3) is 77.1. The fourth-order valence-corrected chi connectivity index (χ4v) is 12.1. The van der Waals surface area contributed by atoms with Gasteiger partial charge in [-0.1, -0.05) is 283 Å². The van der Waals surface area contributed by atoms with Crippen LogP contribution in [0, 0.1) is 0 Å². The Bertz CT molecular complexity index is 2580. The molecule has 0 aromatic carbocycles. The molecule has 17 nitrogen and oxygen atoms in total. The summed E-state index contributed by atoms with van der Waals surface area (Å²) >= 11 is 0. The van der Waals surface area contributed by atoms with Crippen LogP contribution in [0.2, 0.25) is 0 Å². The third-order valence-electron chi connectivity index (χ3n) is 16.8. The number of carbonyl (C=O) groups is 4. The van der Waals surface area contributed by atoms with Crippen LogP contribution in [0.4, 0.5) is 0 Å². The number of allylic oxidation sites excluding steroid dienone is 24. The molecule has 606 valence electrons. The van der Waals surface area contributed by atoms with Crippen LogP contribution in [0.15, 0.2) is 146 Å². The van der Waals surface area contributed by atoms with Gasteiger partial charge in [-0.3, -0.25) is 37.3 Å². The van der Waals surface area contributed by atoms with Crippen molar-refractivity contribution in [3.63, 3.8) is 0 Å². The molecular weight excluding hydrogens is 1380 g/mol. The smallest absolute Gasteiger partial charge is 0.462 e. The Labute approximate surface area is 643 Å². The average molecular weight is 1530 g/mol. The molecule has 0 bridgehead atoms. The van der Waals surface area contributed by atoms with Crippen LogP contribution in [0.3, 0.4) is 0 Å². The highest BCUT2D eigenvalue weighted by Gasteiger charge is 2.30. The van der Waals surface area contributed by atoms with Crippen molar-refractivity contribution in [1.29, 1.82) is 0 Å². The zero-order valence-corrected chi connectivity index (χ0v) is 68.1. The molecule has 106 heavy (non-hydrogen) atoms. The number of phosphoric acid groups is 2. The topological polar surface area (TPSA) is 237 Å². The van der Waals surface area contributed by atoms with E-state index in [9.17, 15) is 43.2 Å². The molecule has 19 heteroatoms. The standard InChI is InChI=1S/C87H146O17P2/c1-5-9-13-17-21-25-29-33-37-39-40-42-45-48-52-56-60-64-68-72-85(90)98-78-83(104-87(92)74-70-66-62-58-54-50-46-41-38-34-30-26-22-18-14-10-6-2)80-102-106(95,96)100-76-81(88)75-99-105(93,94)101-79-82(103-86(91)73-69-65-61-57-53-49-44-36-32-28-24-20-16-12-8-4)77-97-84(89)71-67-63-59-55-51-47-43-35-31-27-23-19-15-11-7-3/h9,13,21-23,25-28,32-35,37-38,40,42-43,46,48,50,52,60,64,81-83,88H,5-8,10-12,14-20,24,29-31,36,39,41,44-45,47,49,51,53-59,61-63,65-80H2,1-4H3,(H,93,94)(H,95,96)/b13-9-,25-21-,26-22-,27-23-,32-28-,37-33-,38-34-,42-40-,43-35-,50-46-,52-48-,64-60-/t81?,82-,83-/m1/s1. The number of phosphoric ester groups is 2. The van der Waals surface area contributed by atoms with Crippen molar-refractivity contribution < 1.29 is 80.2 Å². The van der Waals surface area contributed by atoms with Gasteiger partial charge in [-0.15, -0.1) is 0 Å². The van der Waals surface area contributed by atoms with Crippen LogP contribution in [0.25, 0.3) is 0 Å².